The second-order valence-corrected chi connectivity index (χ2v) is 5.36. The molecule has 2 aromatic carbocycles. The highest BCUT2D eigenvalue weighted by Crippen LogP contribution is 2.21. The van der Waals surface area contributed by atoms with Crippen molar-refractivity contribution in [3.8, 4) is 11.4 Å². The van der Waals surface area contributed by atoms with Crippen LogP contribution in [0.15, 0.2) is 60.9 Å². The molecule has 0 spiro atoms. The Morgan fingerprint density at radius 2 is 2.00 bits per heavy atom. The maximum absolute atomic E-state index is 14.0. The molecular weight excluding hydrogens is 297 g/mol. The van der Waals surface area contributed by atoms with Gasteiger partial charge in [-0.3, -0.25) is 0 Å². The molecule has 0 saturated carbocycles. The van der Waals surface area contributed by atoms with Gasteiger partial charge in [-0.2, -0.15) is 0 Å². The number of nitrogens with zero attached hydrogens (tertiary/aromatic N) is 2. The van der Waals surface area contributed by atoms with E-state index in [1.54, 1.807) is 24.4 Å². The SMILES string of the molecule is NC(=S)c1cccc(Cn2ccnc2-c2ccccc2F)c1. The van der Waals surface area contributed by atoms with Crippen molar-refractivity contribution < 1.29 is 4.39 Å². The second kappa shape index (κ2) is 6.07. The summed E-state index contributed by atoms with van der Waals surface area (Å²) in [4.78, 5) is 4.64. The molecule has 0 amide bonds. The lowest BCUT2D eigenvalue weighted by Crippen LogP contribution is -2.10. The molecule has 0 saturated heterocycles. The van der Waals surface area contributed by atoms with Gasteiger partial charge in [-0.25, -0.2) is 9.37 Å². The Labute approximate surface area is 133 Å². The normalized spacial score (nSPS) is 10.6. The van der Waals surface area contributed by atoms with E-state index in [1.807, 2.05) is 35.0 Å². The minimum absolute atomic E-state index is 0.285. The summed E-state index contributed by atoms with van der Waals surface area (Å²) in [5.41, 5.74) is 7.99. The smallest absolute Gasteiger partial charge is 0.143 e. The van der Waals surface area contributed by atoms with Crippen LogP contribution in [0.1, 0.15) is 11.1 Å². The van der Waals surface area contributed by atoms with Crippen molar-refractivity contribution in [3.63, 3.8) is 0 Å². The Balaban J connectivity index is 1.95. The summed E-state index contributed by atoms with van der Waals surface area (Å²) >= 11 is 5.00. The molecule has 0 bridgehead atoms. The van der Waals surface area contributed by atoms with E-state index >= 15 is 0 Å². The number of benzene rings is 2. The first-order valence-electron chi connectivity index (χ1n) is 6.80. The number of hydrogen-bond acceptors (Lipinski definition) is 2. The van der Waals surface area contributed by atoms with E-state index < -0.39 is 0 Å². The number of thiocarbonyl (C=S) groups is 1. The van der Waals surface area contributed by atoms with Crippen molar-refractivity contribution in [2.24, 2.45) is 5.73 Å². The Hall–Kier alpha value is -2.53. The number of aromatic nitrogens is 2. The van der Waals surface area contributed by atoms with Gasteiger partial charge in [-0.05, 0) is 23.8 Å². The van der Waals surface area contributed by atoms with Crippen LogP contribution in [0.3, 0.4) is 0 Å². The van der Waals surface area contributed by atoms with E-state index in [2.05, 4.69) is 4.98 Å². The number of nitrogens with two attached hydrogens (primary N) is 1. The zero-order chi connectivity index (χ0) is 15.5. The van der Waals surface area contributed by atoms with E-state index in [9.17, 15) is 4.39 Å². The Morgan fingerprint density at radius 1 is 1.18 bits per heavy atom. The van der Waals surface area contributed by atoms with Crippen molar-refractivity contribution in [2.45, 2.75) is 6.54 Å². The molecule has 5 heteroatoms. The van der Waals surface area contributed by atoms with Crippen LogP contribution in [0.4, 0.5) is 4.39 Å². The van der Waals surface area contributed by atoms with E-state index in [4.69, 9.17) is 18.0 Å². The predicted molar refractivity (Wildman–Crippen MR) is 89.1 cm³/mol. The van der Waals surface area contributed by atoms with Crippen LogP contribution < -0.4 is 5.73 Å². The standard InChI is InChI=1S/C17H14FN3S/c18-15-7-2-1-6-14(15)17-20-8-9-21(17)11-12-4-3-5-13(10-12)16(19)22/h1-10H,11H2,(H2,19,22). The van der Waals surface area contributed by atoms with Gasteiger partial charge in [0.05, 0.1) is 5.56 Å². The third-order valence-electron chi connectivity index (χ3n) is 3.39. The molecule has 0 aliphatic rings. The number of imidazole rings is 1. The van der Waals surface area contributed by atoms with Gasteiger partial charge in [0.15, 0.2) is 0 Å². The van der Waals surface area contributed by atoms with E-state index in [1.165, 1.54) is 6.07 Å². The fraction of sp³-hybridized carbons (Fsp3) is 0.0588. The van der Waals surface area contributed by atoms with Crippen LogP contribution in [-0.4, -0.2) is 14.5 Å². The van der Waals surface area contributed by atoms with Crippen LogP contribution in [0.2, 0.25) is 0 Å². The van der Waals surface area contributed by atoms with Gasteiger partial charge in [0.1, 0.15) is 16.6 Å². The fourth-order valence-corrected chi connectivity index (χ4v) is 2.47. The highest BCUT2D eigenvalue weighted by atomic mass is 32.1. The molecule has 0 fully saturated rings. The summed E-state index contributed by atoms with van der Waals surface area (Å²) in [6.45, 7) is 0.570. The summed E-state index contributed by atoms with van der Waals surface area (Å²) in [5, 5.41) is 0. The third kappa shape index (κ3) is 2.89. The Bertz CT molecular complexity index is 826. The first-order valence-corrected chi connectivity index (χ1v) is 7.21. The van der Waals surface area contributed by atoms with E-state index in [0.717, 1.165) is 11.1 Å². The van der Waals surface area contributed by atoms with Crippen molar-refractivity contribution in [1.82, 2.24) is 9.55 Å². The topological polar surface area (TPSA) is 43.8 Å². The molecule has 0 aliphatic heterocycles. The maximum Gasteiger partial charge on any atom is 0.143 e. The van der Waals surface area contributed by atoms with Gasteiger partial charge >= 0.3 is 0 Å². The quantitative estimate of drug-likeness (QED) is 0.751. The van der Waals surface area contributed by atoms with Crippen LogP contribution in [0, 0.1) is 5.82 Å². The van der Waals surface area contributed by atoms with Crippen LogP contribution in [0.5, 0.6) is 0 Å². The van der Waals surface area contributed by atoms with E-state index in [0.29, 0.717) is 22.9 Å². The zero-order valence-electron chi connectivity index (χ0n) is 11.7. The molecule has 0 aliphatic carbocycles. The Morgan fingerprint density at radius 3 is 2.77 bits per heavy atom. The maximum atomic E-state index is 14.0. The van der Waals surface area contributed by atoms with Crippen molar-refractivity contribution in [3.05, 3.63) is 77.9 Å². The van der Waals surface area contributed by atoms with Crippen LogP contribution >= 0.6 is 12.2 Å². The average molecular weight is 311 g/mol. The fourth-order valence-electron chi connectivity index (χ4n) is 2.34. The zero-order valence-corrected chi connectivity index (χ0v) is 12.6. The van der Waals surface area contributed by atoms with Crippen molar-refractivity contribution >= 4 is 17.2 Å². The molecule has 3 aromatic rings. The number of hydrogen-bond donors (Lipinski definition) is 1. The highest BCUT2D eigenvalue weighted by Gasteiger charge is 2.11. The molecule has 0 radical (unpaired) electrons. The molecule has 22 heavy (non-hydrogen) atoms. The summed E-state index contributed by atoms with van der Waals surface area (Å²) in [6.07, 6.45) is 3.49. The number of halogens is 1. The highest BCUT2D eigenvalue weighted by molar-refractivity contribution is 7.80. The predicted octanol–water partition coefficient (Wildman–Crippen LogP) is 3.37. The Kier molecular flexibility index (Phi) is 3.98. The average Bonchev–Trinajstić information content (AvgIpc) is 2.96. The first kappa shape index (κ1) is 14.4. The van der Waals surface area contributed by atoms with Crippen LogP contribution in [-0.2, 0) is 6.54 Å². The van der Waals surface area contributed by atoms with Crippen molar-refractivity contribution in [1.29, 1.82) is 0 Å². The van der Waals surface area contributed by atoms with Crippen LogP contribution in [0.25, 0.3) is 11.4 Å². The minimum Gasteiger partial charge on any atom is -0.389 e. The summed E-state index contributed by atoms with van der Waals surface area (Å²) in [7, 11) is 0. The summed E-state index contributed by atoms with van der Waals surface area (Å²) in [5.74, 6) is 0.311. The molecule has 2 N–H and O–H groups in total. The summed E-state index contributed by atoms with van der Waals surface area (Å²) in [6, 6.07) is 14.3. The summed E-state index contributed by atoms with van der Waals surface area (Å²) < 4.78 is 15.9. The van der Waals surface area contributed by atoms with E-state index in [-0.39, 0.29) is 5.82 Å². The van der Waals surface area contributed by atoms with Gasteiger partial charge in [0.25, 0.3) is 0 Å². The van der Waals surface area contributed by atoms with Gasteiger partial charge in [0, 0.05) is 24.5 Å². The first-order chi connectivity index (χ1) is 10.6. The lowest BCUT2D eigenvalue weighted by molar-refractivity contribution is 0.628. The largest absolute Gasteiger partial charge is 0.389 e. The minimum atomic E-state index is -0.285. The van der Waals surface area contributed by atoms with Gasteiger partial charge in [-0.15, -0.1) is 0 Å². The molecule has 3 nitrogen and oxygen atoms in total. The monoisotopic (exact) mass is 311 g/mol. The molecule has 0 unspecified atom stereocenters. The number of rotatable bonds is 4. The lowest BCUT2D eigenvalue weighted by atomic mass is 10.1. The van der Waals surface area contributed by atoms with Gasteiger partial charge in [0.2, 0.25) is 0 Å². The molecule has 1 aromatic heterocycles. The van der Waals surface area contributed by atoms with Gasteiger partial charge in [-0.1, -0.05) is 42.5 Å². The third-order valence-corrected chi connectivity index (χ3v) is 3.63. The molecule has 110 valence electrons. The lowest BCUT2D eigenvalue weighted by Gasteiger charge is -2.10. The second-order valence-electron chi connectivity index (χ2n) is 4.92. The van der Waals surface area contributed by atoms with Gasteiger partial charge < -0.3 is 10.3 Å². The van der Waals surface area contributed by atoms with Crippen molar-refractivity contribution in [2.75, 3.05) is 0 Å². The molecule has 3 rings (SSSR count). The molecular formula is C17H14FN3S. The molecule has 1 heterocycles. The molecule has 0 atom stereocenters.